The second-order valence-corrected chi connectivity index (χ2v) is 5.71. The maximum Gasteiger partial charge on any atom is 0.152 e. The summed E-state index contributed by atoms with van der Waals surface area (Å²) < 4.78 is 6.95. The number of hydrogen-bond acceptors (Lipinski definition) is 8. The molecule has 1 fully saturated rings. The molecule has 0 spiro atoms. The molecule has 0 amide bonds. The smallest absolute Gasteiger partial charge is 0.152 e. The van der Waals surface area contributed by atoms with Crippen molar-refractivity contribution in [2.24, 2.45) is 5.73 Å². The highest BCUT2D eigenvalue weighted by molar-refractivity contribution is 6.04. The molecular weight excluding hydrogens is 304 g/mol. The zero-order valence-corrected chi connectivity index (χ0v) is 12.3. The molecule has 4 atom stereocenters. The van der Waals surface area contributed by atoms with E-state index in [1.165, 1.54) is 23.8 Å². The van der Waals surface area contributed by atoms with Gasteiger partial charge in [0.15, 0.2) is 5.82 Å². The number of nitrogens with zero attached hydrogens (tertiary/aromatic N) is 3. The van der Waals surface area contributed by atoms with Crippen LogP contribution in [-0.4, -0.2) is 60.2 Å². The SMILES string of the molecule is C[C@@]1(O)[C@H](O)[C@@H](CO)O[C@H]1c1cc(C(=N)N)c2c(N)ncnn12. The van der Waals surface area contributed by atoms with Gasteiger partial charge in [0.1, 0.15) is 41.6 Å². The summed E-state index contributed by atoms with van der Waals surface area (Å²) in [6, 6.07) is 1.51. The molecule has 0 radical (unpaired) electrons. The number of nitrogen functional groups attached to an aromatic ring is 2. The van der Waals surface area contributed by atoms with E-state index in [1.807, 2.05) is 0 Å². The number of aliphatic hydroxyl groups excluding tert-OH is 2. The normalized spacial score (nSPS) is 30.9. The molecule has 8 N–H and O–H groups in total. The third-order valence-corrected chi connectivity index (χ3v) is 4.14. The van der Waals surface area contributed by atoms with Gasteiger partial charge in [-0.1, -0.05) is 0 Å². The number of aromatic nitrogens is 3. The van der Waals surface area contributed by atoms with E-state index >= 15 is 0 Å². The Bertz CT molecular complexity index is 773. The summed E-state index contributed by atoms with van der Waals surface area (Å²) in [5.41, 5.74) is 10.7. The van der Waals surface area contributed by atoms with Gasteiger partial charge in [0, 0.05) is 5.56 Å². The summed E-state index contributed by atoms with van der Waals surface area (Å²) in [5, 5.41) is 41.7. The van der Waals surface area contributed by atoms with Crippen molar-refractivity contribution in [3.8, 4) is 0 Å². The van der Waals surface area contributed by atoms with Crippen LogP contribution in [0.1, 0.15) is 24.3 Å². The minimum absolute atomic E-state index is 0.119. The molecule has 10 heteroatoms. The van der Waals surface area contributed by atoms with E-state index in [4.69, 9.17) is 21.6 Å². The third kappa shape index (κ3) is 2.15. The Morgan fingerprint density at radius 2 is 2.26 bits per heavy atom. The van der Waals surface area contributed by atoms with Gasteiger partial charge in [0.05, 0.1) is 12.3 Å². The minimum atomic E-state index is -1.67. The molecule has 10 nitrogen and oxygen atoms in total. The molecule has 0 aromatic carbocycles. The fourth-order valence-electron chi connectivity index (χ4n) is 2.91. The topological polar surface area (TPSA) is 176 Å². The Balaban J connectivity index is 2.21. The van der Waals surface area contributed by atoms with E-state index in [9.17, 15) is 15.3 Å². The number of amidine groups is 1. The fraction of sp³-hybridized carbons (Fsp3) is 0.462. The van der Waals surface area contributed by atoms with Crippen LogP contribution in [0.4, 0.5) is 5.82 Å². The summed E-state index contributed by atoms with van der Waals surface area (Å²) in [7, 11) is 0. The molecular formula is C13H18N6O4. The van der Waals surface area contributed by atoms with Crippen LogP contribution < -0.4 is 11.5 Å². The number of aliphatic hydroxyl groups is 3. The van der Waals surface area contributed by atoms with Crippen molar-refractivity contribution in [2.45, 2.75) is 30.8 Å². The van der Waals surface area contributed by atoms with Gasteiger partial charge in [0.25, 0.3) is 0 Å². The Labute approximate surface area is 130 Å². The Morgan fingerprint density at radius 3 is 2.83 bits per heavy atom. The average Bonchev–Trinajstić information content (AvgIpc) is 2.97. The molecule has 3 rings (SSSR count). The molecule has 1 saturated heterocycles. The quantitative estimate of drug-likeness (QED) is 0.281. The van der Waals surface area contributed by atoms with Crippen molar-refractivity contribution >= 4 is 17.2 Å². The van der Waals surface area contributed by atoms with Gasteiger partial charge < -0.3 is 31.5 Å². The number of ether oxygens (including phenoxy) is 1. The summed E-state index contributed by atoms with van der Waals surface area (Å²) in [5.74, 6) is -0.125. The molecule has 0 bridgehead atoms. The van der Waals surface area contributed by atoms with E-state index in [2.05, 4.69) is 10.1 Å². The van der Waals surface area contributed by atoms with Crippen LogP contribution in [0.3, 0.4) is 0 Å². The van der Waals surface area contributed by atoms with E-state index < -0.39 is 30.5 Å². The first kappa shape index (κ1) is 15.6. The van der Waals surface area contributed by atoms with Crippen LogP contribution in [0, 0.1) is 5.41 Å². The Hall–Kier alpha value is -2.27. The van der Waals surface area contributed by atoms with Crippen LogP contribution in [0.25, 0.3) is 5.52 Å². The molecule has 1 aliphatic rings. The van der Waals surface area contributed by atoms with Crippen molar-refractivity contribution in [3.05, 3.63) is 23.7 Å². The number of fused-ring (bicyclic) bond motifs is 1. The van der Waals surface area contributed by atoms with Gasteiger partial charge in [-0.2, -0.15) is 5.10 Å². The predicted octanol–water partition coefficient (Wildman–Crippen LogP) is -1.86. The number of nitrogens with one attached hydrogen (secondary N) is 1. The van der Waals surface area contributed by atoms with Gasteiger partial charge in [-0.05, 0) is 13.0 Å². The average molecular weight is 322 g/mol. The number of rotatable bonds is 3. The van der Waals surface area contributed by atoms with E-state index in [0.717, 1.165) is 0 Å². The van der Waals surface area contributed by atoms with Gasteiger partial charge >= 0.3 is 0 Å². The highest BCUT2D eigenvalue weighted by Crippen LogP contribution is 2.42. The summed E-state index contributed by atoms with van der Waals surface area (Å²) >= 11 is 0. The molecule has 2 aromatic rings. The lowest BCUT2D eigenvalue weighted by Gasteiger charge is -2.26. The second kappa shape index (κ2) is 5.13. The molecule has 2 aromatic heterocycles. The Morgan fingerprint density at radius 1 is 1.57 bits per heavy atom. The van der Waals surface area contributed by atoms with E-state index in [1.54, 1.807) is 0 Å². The van der Waals surface area contributed by atoms with Crippen LogP contribution in [0.5, 0.6) is 0 Å². The van der Waals surface area contributed by atoms with Gasteiger partial charge in [-0.3, -0.25) is 5.41 Å². The number of nitrogens with two attached hydrogens (primary N) is 2. The summed E-state index contributed by atoms with van der Waals surface area (Å²) in [6.07, 6.45) is -2.01. The lowest BCUT2D eigenvalue weighted by Crippen LogP contribution is -2.43. The lowest BCUT2D eigenvalue weighted by molar-refractivity contribution is -0.0664. The first-order valence-corrected chi connectivity index (χ1v) is 6.92. The van der Waals surface area contributed by atoms with Crippen molar-refractivity contribution in [1.82, 2.24) is 14.6 Å². The van der Waals surface area contributed by atoms with Crippen molar-refractivity contribution in [2.75, 3.05) is 12.3 Å². The zero-order chi connectivity index (χ0) is 16.9. The van der Waals surface area contributed by atoms with Crippen LogP contribution in [-0.2, 0) is 4.74 Å². The van der Waals surface area contributed by atoms with Crippen LogP contribution in [0.2, 0.25) is 0 Å². The van der Waals surface area contributed by atoms with Crippen LogP contribution >= 0.6 is 0 Å². The largest absolute Gasteiger partial charge is 0.394 e. The predicted molar refractivity (Wildman–Crippen MR) is 79.7 cm³/mol. The minimum Gasteiger partial charge on any atom is -0.394 e. The second-order valence-electron chi connectivity index (χ2n) is 5.71. The van der Waals surface area contributed by atoms with E-state index in [0.29, 0.717) is 16.8 Å². The first-order chi connectivity index (χ1) is 10.8. The molecule has 0 aliphatic carbocycles. The van der Waals surface area contributed by atoms with Gasteiger partial charge in [-0.25, -0.2) is 9.50 Å². The van der Waals surface area contributed by atoms with Crippen LogP contribution in [0.15, 0.2) is 12.4 Å². The number of hydrogen-bond donors (Lipinski definition) is 6. The lowest BCUT2D eigenvalue weighted by atomic mass is 9.91. The van der Waals surface area contributed by atoms with E-state index in [-0.39, 0.29) is 11.7 Å². The van der Waals surface area contributed by atoms with Crippen molar-refractivity contribution < 1.29 is 20.1 Å². The fourth-order valence-corrected chi connectivity index (χ4v) is 2.91. The molecule has 0 saturated carbocycles. The molecule has 0 unspecified atom stereocenters. The molecule has 23 heavy (non-hydrogen) atoms. The Kier molecular flexibility index (Phi) is 3.48. The molecule has 124 valence electrons. The summed E-state index contributed by atoms with van der Waals surface area (Å²) in [4.78, 5) is 3.87. The highest BCUT2D eigenvalue weighted by atomic mass is 16.6. The highest BCUT2D eigenvalue weighted by Gasteiger charge is 2.53. The van der Waals surface area contributed by atoms with Gasteiger partial charge in [-0.15, -0.1) is 0 Å². The molecule has 3 heterocycles. The monoisotopic (exact) mass is 322 g/mol. The molecule has 1 aliphatic heterocycles. The standard InChI is InChI=1S/C13H18N6O4/c1-13(22)9(21)7(3-20)23-10(13)6-2-5(11(14)15)8-12(16)17-4-18-19(6)8/h2,4,7,9-10,20-22H,3H2,1H3,(H3,14,15)(H2,16,17,18)/t7-,9-,10+,13-/m1/s1. The zero-order valence-electron chi connectivity index (χ0n) is 12.3. The number of anilines is 1. The maximum absolute atomic E-state index is 10.6. The van der Waals surface area contributed by atoms with Gasteiger partial charge in [0.2, 0.25) is 0 Å². The van der Waals surface area contributed by atoms with Crippen molar-refractivity contribution in [1.29, 1.82) is 5.41 Å². The first-order valence-electron chi connectivity index (χ1n) is 6.92. The summed E-state index contributed by atoms with van der Waals surface area (Å²) in [6.45, 7) is 0.948. The van der Waals surface area contributed by atoms with Crippen molar-refractivity contribution in [3.63, 3.8) is 0 Å². The third-order valence-electron chi connectivity index (χ3n) is 4.14. The maximum atomic E-state index is 10.6.